The predicted octanol–water partition coefficient (Wildman–Crippen LogP) is 19.9. The van der Waals surface area contributed by atoms with Gasteiger partial charge in [0.25, 0.3) is 5.97 Å². The molecule has 22 nitrogen and oxygen atoms in total. The van der Waals surface area contributed by atoms with Crippen molar-refractivity contribution < 1.29 is 96.3 Å². The second-order valence-corrected chi connectivity index (χ2v) is 37.8. The van der Waals surface area contributed by atoms with Crippen LogP contribution < -0.4 is 29.6 Å². The number of aromatic nitrogens is 12. The van der Waals surface area contributed by atoms with Crippen molar-refractivity contribution in [2.45, 2.75) is 200 Å². The van der Waals surface area contributed by atoms with Crippen molar-refractivity contribution in [1.82, 2.24) is 58.1 Å². The van der Waals surface area contributed by atoms with Gasteiger partial charge >= 0.3 is 37.2 Å². The number of halogens is 4. The number of fused-ring (bicyclic) bond motifs is 6. The Morgan fingerprint density at radius 2 is 0.784 bits per heavy atom. The fourth-order valence-corrected chi connectivity index (χ4v) is 21.0. The second kappa shape index (κ2) is 47.5. The number of imidazole rings is 4. The van der Waals surface area contributed by atoms with Gasteiger partial charge in [-0.25, -0.2) is 37.5 Å². The zero-order valence-corrected chi connectivity index (χ0v) is 81.6. The van der Waals surface area contributed by atoms with Crippen molar-refractivity contribution in [1.29, 1.82) is 0 Å². The van der Waals surface area contributed by atoms with Gasteiger partial charge in [0.05, 0.1) is 95.7 Å². The van der Waals surface area contributed by atoms with Gasteiger partial charge in [-0.1, -0.05) is 221 Å². The van der Waals surface area contributed by atoms with Crippen LogP contribution in [0.15, 0.2) is 311 Å². The summed E-state index contributed by atoms with van der Waals surface area (Å²) >= 11 is 0. The number of Topliss-reactive ketones (excluding diaryl/α,β-unsaturated/α-hetero) is 2. The molecule has 10 heterocycles. The van der Waals surface area contributed by atoms with Crippen LogP contribution in [-0.2, 0) is 43.9 Å². The van der Waals surface area contributed by atoms with E-state index in [0.717, 1.165) is 150 Å². The minimum absolute atomic E-state index is 0. The zero-order valence-electron chi connectivity index (χ0n) is 79.7. The molecule has 4 aliphatic carbocycles. The summed E-state index contributed by atoms with van der Waals surface area (Å²) in [6.07, 6.45) is 37.3. The number of allylic oxidation sites excluding steroid dienone is 1. The van der Waals surface area contributed by atoms with E-state index in [1.807, 2.05) is 119 Å². The van der Waals surface area contributed by atoms with Gasteiger partial charge in [0.1, 0.15) is 28.6 Å². The molecule has 711 valence electrons. The number of alkyl halides is 4. The molecular formula is C110H114BF4N12NaO10P. The molecule has 0 bridgehead atoms. The van der Waals surface area contributed by atoms with Crippen LogP contribution in [0, 0.1) is 0 Å². The molecule has 4 fully saturated rings. The van der Waals surface area contributed by atoms with E-state index in [1.165, 1.54) is 20.3 Å². The number of ketones is 3. The fraction of sp³-hybridized carbons (Fsp3) is 0.318. The molecule has 20 rings (SSSR count). The summed E-state index contributed by atoms with van der Waals surface area (Å²) in [6, 6.07) is 77.4. The number of aliphatic carboxylic acids is 1. The summed E-state index contributed by atoms with van der Waals surface area (Å²) in [5, 5.41) is 18.0. The van der Waals surface area contributed by atoms with Gasteiger partial charge in [-0.3, -0.25) is 48.5 Å². The maximum atomic E-state index is 15.3. The van der Waals surface area contributed by atoms with Crippen LogP contribution in [0.1, 0.15) is 223 Å². The summed E-state index contributed by atoms with van der Waals surface area (Å²) in [6.45, 7) is 1.08. The second-order valence-electron chi connectivity index (χ2n) is 35.5. The molecule has 4 saturated carbocycles. The topological polar surface area (TPSA) is 284 Å². The van der Waals surface area contributed by atoms with E-state index in [4.69, 9.17) is 19.9 Å². The molecule has 2 aliphatic heterocycles. The van der Waals surface area contributed by atoms with Crippen LogP contribution in [0.25, 0.3) is 51.1 Å². The zero-order chi connectivity index (χ0) is 96.1. The predicted molar refractivity (Wildman–Crippen MR) is 526 cm³/mol. The Morgan fingerprint density at radius 3 is 1.17 bits per heavy atom. The van der Waals surface area contributed by atoms with Crippen LogP contribution in [0.2, 0.25) is 0 Å². The van der Waals surface area contributed by atoms with E-state index in [9.17, 15) is 37.6 Å². The van der Waals surface area contributed by atoms with Crippen LogP contribution in [0.3, 0.4) is 0 Å². The Bertz CT molecular complexity index is 6280. The number of aldehydes is 1. The maximum absolute atomic E-state index is 15.3. The summed E-state index contributed by atoms with van der Waals surface area (Å²) < 4.78 is 88.6. The molecule has 0 amide bonds. The first-order chi connectivity index (χ1) is 66.5. The molecule has 2 N–H and O–H groups in total. The Morgan fingerprint density at radius 1 is 0.453 bits per heavy atom. The summed E-state index contributed by atoms with van der Waals surface area (Å²) in [4.78, 5) is 93.3. The smallest absolute Gasteiger partial charge is 1.00 e. The normalized spacial score (nSPS) is 16.9. The summed E-state index contributed by atoms with van der Waals surface area (Å²) in [7, 11) is -1.04. The molecule has 0 saturated heterocycles. The van der Waals surface area contributed by atoms with Gasteiger partial charge in [-0.15, -0.1) is 0 Å². The summed E-state index contributed by atoms with van der Waals surface area (Å²) in [5.41, 5.74) is 8.22. The van der Waals surface area contributed by atoms with Crippen molar-refractivity contribution in [3.8, 4) is 45.0 Å². The first-order valence-corrected chi connectivity index (χ1v) is 48.6. The van der Waals surface area contributed by atoms with E-state index >= 15 is 8.78 Å². The number of hydrogen-bond acceptors (Lipinski definition) is 17. The standard InChI is InChI=1S/C36H32FN3O.C28H21N3O.C17H20FN3O.C17H18FN3O.C10H18FO4P.C2H4O2.B.Na.H/c37-35(23-11-4-12-24-35)34(41)22-21-32-31(20-13-25-38-32)33-26-40(27-39-33)36(28-14-5-1-6-15-28,29-16-7-2-8-17-29)30-18-9-3-10-19-30;32-20-27-25(17-10-18-29-27)26-19-31(21-30-26)28(22-11-4-1-5-12-22,23-13-6-2-7-14-23)24-15-8-3-9-16-24;2*18-17(6-2-1-3-7-17)15(22)9-13-16-12(5-4-8-20-16)14-10-19-11-21(13)14;1-14-16(13,15-2)8-9(12)10(11)6-4-3-5-7-10;1-2(3)4;;;/h1-3,5-10,13-22,25-27H,4,11-12,23-24H2;1-21H;4-5,8,10-11,13,15,22H,1-3,6-7,9H2;4-5,8,10-11,13H,1-3,6-7,9H2;3-8H2,1-2H3;1H3,(H,3,4);;;/q;;;;;;;+1;-1/b22-21+;;;;;;;;/t;;13-,15+;;;;;;/m..1....../s1. The Labute approximate surface area is 833 Å². The molecule has 14 aromatic rings. The SMILES string of the molecule is CC(=O)O.COP(=O)(CC(=O)C1(F)CCCCC1)OC.O=C(/C=C/c1ncccc1-c1cn(C(c2ccccc2)(c2ccccc2)c2ccccc2)cn1)C1(F)CCCCC1.O=C(CC1c2ncccc2-c2cncn21)C1(F)CCCCC1.O=Cc1ncccc1-c1cn(C(c2ccccc2)(c2ccccc2)c2ccccc2)cn1.O[C@@H](C[C@@H]1c2ncccc2-c2cncn21)C1(F)CCCCC1.[B].[H-].[Na+]. The first-order valence-electron chi connectivity index (χ1n) is 46.9. The number of aliphatic hydroxyl groups excluding tert-OH is 1. The molecule has 3 radical (unpaired) electrons. The average molecular weight is 1900 g/mol. The molecule has 6 aliphatic rings. The number of hydrogen-bond donors (Lipinski definition) is 2. The van der Waals surface area contributed by atoms with E-state index in [1.54, 1.807) is 55.9 Å². The Balaban J connectivity index is 0.000000159. The first kappa shape index (κ1) is 104. The van der Waals surface area contributed by atoms with Crippen LogP contribution >= 0.6 is 7.60 Å². The molecule has 0 spiro atoms. The number of carbonyl (C=O) groups is 5. The number of nitrogens with zero attached hydrogens (tertiary/aromatic N) is 12. The van der Waals surface area contributed by atoms with E-state index in [0.29, 0.717) is 73.3 Å². The molecule has 139 heavy (non-hydrogen) atoms. The number of benzene rings is 6. The minimum Gasteiger partial charge on any atom is -1.00 e. The summed E-state index contributed by atoms with van der Waals surface area (Å²) in [5.74, 6) is -2.25. The third kappa shape index (κ3) is 23.2. The van der Waals surface area contributed by atoms with Gasteiger partial charge in [-0.05, 0) is 184 Å². The monoisotopic (exact) mass is 1900 g/mol. The van der Waals surface area contributed by atoms with Crippen LogP contribution in [0.5, 0.6) is 0 Å². The van der Waals surface area contributed by atoms with Crippen LogP contribution in [0.4, 0.5) is 17.6 Å². The molecule has 8 aromatic heterocycles. The number of rotatable bonds is 25. The molecule has 1 unspecified atom stereocenters. The Kier molecular flexibility index (Phi) is 35.5. The van der Waals surface area contributed by atoms with Crippen molar-refractivity contribution in [2.24, 2.45) is 0 Å². The van der Waals surface area contributed by atoms with Crippen molar-refractivity contribution in [3.05, 3.63) is 368 Å². The third-order valence-electron chi connectivity index (χ3n) is 27.1. The van der Waals surface area contributed by atoms with E-state index in [2.05, 4.69) is 194 Å². The minimum atomic E-state index is -3.44. The van der Waals surface area contributed by atoms with Crippen molar-refractivity contribution in [2.75, 3.05) is 20.4 Å². The molecular weight excluding hydrogens is 1790 g/mol. The van der Waals surface area contributed by atoms with Crippen LogP contribution in [-0.4, -0.2) is 156 Å². The van der Waals surface area contributed by atoms with Gasteiger partial charge in [0, 0.05) is 102 Å². The largest absolute Gasteiger partial charge is 1.00 e. The maximum Gasteiger partial charge on any atom is 1.00 e. The molecule has 6 aromatic carbocycles. The van der Waals surface area contributed by atoms with Gasteiger partial charge in [0.15, 0.2) is 40.6 Å². The number of aliphatic hydroxyl groups is 1. The van der Waals surface area contributed by atoms with Gasteiger partial charge in [0.2, 0.25) is 0 Å². The average Bonchev–Trinajstić information content (AvgIpc) is 1.33. The third-order valence-corrected chi connectivity index (χ3v) is 28.9. The molecule has 3 atom stereocenters. The van der Waals surface area contributed by atoms with Gasteiger partial charge < -0.3 is 39.0 Å². The van der Waals surface area contributed by atoms with Crippen molar-refractivity contribution in [3.63, 3.8) is 0 Å². The molecule has 29 heteroatoms. The Hall–Kier alpha value is -12.5. The number of pyridine rings is 4. The van der Waals surface area contributed by atoms with Gasteiger partial charge in [-0.2, -0.15) is 0 Å². The quantitative estimate of drug-likeness (QED) is 0.0134. The number of carbonyl (C=O) groups excluding carboxylic acids is 4. The van der Waals surface area contributed by atoms with E-state index < -0.39 is 71.2 Å². The van der Waals surface area contributed by atoms with E-state index in [-0.39, 0.29) is 89.4 Å². The number of carboxylic acids is 1. The van der Waals surface area contributed by atoms with Crippen molar-refractivity contribution >= 4 is 51.7 Å². The fourth-order valence-electron chi connectivity index (χ4n) is 20.0. The number of carboxylic acid groups (broad SMARTS) is 1.